The lowest BCUT2D eigenvalue weighted by atomic mass is 10.1. The van der Waals surface area contributed by atoms with Crippen LogP contribution in [0.4, 0.5) is 11.4 Å². The van der Waals surface area contributed by atoms with Crippen molar-refractivity contribution in [1.29, 1.82) is 0 Å². The average molecular weight is 328 g/mol. The summed E-state index contributed by atoms with van der Waals surface area (Å²) in [5.74, 6) is -0.272. The van der Waals surface area contributed by atoms with Crippen molar-refractivity contribution in [2.24, 2.45) is 0 Å². The van der Waals surface area contributed by atoms with Gasteiger partial charge in [-0.05, 0) is 30.2 Å². The number of nitro groups is 1. The third-order valence-corrected chi connectivity index (χ3v) is 3.31. The lowest BCUT2D eigenvalue weighted by Crippen LogP contribution is -2.20. The first-order chi connectivity index (χ1) is 11.5. The van der Waals surface area contributed by atoms with Gasteiger partial charge in [0, 0.05) is 17.8 Å². The van der Waals surface area contributed by atoms with Crippen LogP contribution in [0.1, 0.15) is 22.8 Å². The number of aryl methyl sites for hydroxylation is 1. The minimum Gasteiger partial charge on any atom is -0.483 e. The number of hydrogen-bond acceptors (Lipinski definition) is 5. The maximum atomic E-state index is 11.9. The number of carbonyl (C=O) groups is 2. The molecule has 124 valence electrons. The van der Waals surface area contributed by atoms with E-state index in [1.54, 1.807) is 6.07 Å². The van der Waals surface area contributed by atoms with E-state index in [-0.39, 0.29) is 23.6 Å². The number of nitrogens with zero attached hydrogens (tertiary/aromatic N) is 1. The van der Waals surface area contributed by atoms with Gasteiger partial charge in [0.1, 0.15) is 5.75 Å². The molecule has 0 radical (unpaired) electrons. The van der Waals surface area contributed by atoms with Crippen LogP contribution in [0.5, 0.6) is 5.75 Å². The number of non-ortho nitro benzene ring substituents is 1. The highest BCUT2D eigenvalue weighted by Gasteiger charge is 2.12. The first-order valence-corrected chi connectivity index (χ1v) is 7.28. The van der Waals surface area contributed by atoms with Crippen LogP contribution in [0.15, 0.2) is 42.5 Å². The topological polar surface area (TPSA) is 98.5 Å². The number of benzene rings is 2. The van der Waals surface area contributed by atoms with E-state index in [9.17, 15) is 19.7 Å². The first kappa shape index (κ1) is 17.1. The van der Waals surface area contributed by atoms with Crippen molar-refractivity contribution in [3.05, 3.63) is 63.7 Å². The lowest BCUT2D eigenvalue weighted by Gasteiger charge is -2.09. The van der Waals surface area contributed by atoms with Crippen molar-refractivity contribution in [2.45, 2.75) is 13.3 Å². The number of hydrogen-bond donors (Lipinski definition) is 1. The largest absolute Gasteiger partial charge is 0.483 e. The second kappa shape index (κ2) is 7.87. The number of amides is 1. The molecule has 24 heavy (non-hydrogen) atoms. The van der Waals surface area contributed by atoms with Crippen LogP contribution < -0.4 is 10.1 Å². The van der Waals surface area contributed by atoms with Crippen LogP contribution in [0.25, 0.3) is 0 Å². The van der Waals surface area contributed by atoms with Gasteiger partial charge in [-0.1, -0.05) is 19.1 Å². The van der Waals surface area contributed by atoms with Gasteiger partial charge in [-0.3, -0.25) is 19.7 Å². The summed E-state index contributed by atoms with van der Waals surface area (Å²) in [6.07, 6.45) is 1.30. The van der Waals surface area contributed by atoms with Crippen molar-refractivity contribution >= 4 is 23.6 Å². The average Bonchev–Trinajstić information content (AvgIpc) is 2.59. The van der Waals surface area contributed by atoms with Crippen molar-refractivity contribution in [2.75, 3.05) is 11.9 Å². The summed E-state index contributed by atoms with van der Waals surface area (Å²) in [4.78, 5) is 33.0. The van der Waals surface area contributed by atoms with Gasteiger partial charge in [0.05, 0.1) is 10.5 Å². The summed E-state index contributed by atoms with van der Waals surface area (Å²) in [6, 6.07) is 11.0. The Morgan fingerprint density at radius 1 is 1.29 bits per heavy atom. The molecule has 0 aromatic heterocycles. The zero-order chi connectivity index (χ0) is 17.5. The van der Waals surface area contributed by atoms with Gasteiger partial charge in [0.2, 0.25) is 0 Å². The van der Waals surface area contributed by atoms with Crippen molar-refractivity contribution in [3.63, 3.8) is 0 Å². The molecule has 0 aliphatic heterocycles. The number of rotatable bonds is 7. The zero-order valence-corrected chi connectivity index (χ0v) is 13.0. The van der Waals surface area contributed by atoms with Gasteiger partial charge in [0.25, 0.3) is 11.6 Å². The van der Waals surface area contributed by atoms with Gasteiger partial charge >= 0.3 is 0 Å². The molecule has 2 aromatic rings. The van der Waals surface area contributed by atoms with E-state index in [0.717, 1.165) is 18.1 Å². The molecule has 0 aliphatic rings. The molecule has 0 spiro atoms. The highest BCUT2D eigenvalue weighted by molar-refractivity contribution is 5.92. The van der Waals surface area contributed by atoms with Crippen molar-refractivity contribution < 1.29 is 19.2 Å². The molecule has 1 N–H and O–H groups in total. The number of carbonyl (C=O) groups excluding carboxylic acids is 2. The van der Waals surface area contributed by atoms with Gasteiger partial charge in [-0.25, -0.2) is 0 Å². The van der Waals surface area contributed by atoms with E-state index in [0.29, 0.717) is 12.0 Å². The summed E-state index contributed by atoms with van der Waals surface area (Å²) in [5.41, 5.74) is 1.55. The van der Waals surface area contributed by atoms with E-state index >= 15 is 0 Å². The van der Waals surface area contributed by atoms with Crippen LogP contribution in [-0.2, 0) is 11.2 Å². The van der Waals surface area contributed by atoms with Crippen LogP contribution in [0.2, 0.25) is 0 Å². The molecule has 0 aliphatic carbocycles. The molecule has 7 heteroatoms. The molecule has 0 saturated heterocycles. The molecule has 0 fully saturated rings. The van der Waals surface area contributed by atoms with Gasteiger partial charge < -0.3 is 10.1 Å². The molecule has 0 unspecified atom stereocenters. The zero-order valence-electron chi connectivity index (χ0n) is 13.0. The van der Waals surface area contributed by atoms with E-state index in [2.05, 4.69) is 5.32 Å². The van der Waals surface area contributed by atoms with E-state index in [1.807, 2.05) is 25.1 Å². The Hall–Kier alpha value is -3.22. The quantitative estimate of drug-likeness (QED) is 0.478. The predicted molar refractivity (Wildman–Crippen MR) is 88.4 cm³/mol. The third kappa shape index (κ3) is 4.39. The third-order valence-electron chi connectivity index (χ3n) is 3.31. The minimum atomic E-state index is -0.607. The minimum absolute atomic E-state index is 0.0185. The summed E-state index contributed by atoms with van der Waals surface area (Å²) in [6.45, 7) is 1.70. The smallest absolute Gasteiger partial charge is 0.270 e. The molecule has 0 heterocycles. The molecule has 7 nitrogen and oxygen atoms in total. The first-order valence-electron chi connectivity index (χ1n) is 7.28. The Kier molecular flexibility index (Phi) is 5.62. The Balaban J connectivity index is 2.00. The van der Waals surface area contributed by atoms with E-state index in [4.69, 9.17) is 4.74 Å². The summed E-state index contributed by atoms with van der Waals surface area (Å²) < 4.78 is 5.29. The van der Waals surface area contributed by atoms with Crippen LogP contribution in [-0.4, -0.2) is 23.7 Å². The number of ether oxygens (including phenoxy) is 1. The molecule has 2 aromatic carbocycles. The number of nitro benzene ring substituents is 1. The molecular formula is C17H16N2O5. The molecule has 1 amide bonds. The lowest BCUT2D eigenvalue weighted by molar-refractivity contribution is -0.384. The fraction of sp³-hybridized carbons (Fsp3) is 0.176. The van der Waals surface area contributed by atoms with Crippen LogP contribution in [0.3, 0.4) is 0 Å². The molecule has 0 bridgehead atoms. The SMILES string of the molecule is CCc1cccc(NC(=O)COc2ccc([N+](=O)[O-])cc2C=O)c1. The fourth-order valence-electron chi connectivity index (χ4n) is 2.08. The van der Waals surface area contributed by atoms with E-state index < -0.39 is 10.8 Å². The molecule has 2 rings (SSSR count). The van der Waals surface area contributed by atoms with Crippen LogP contribution >= 0.6 is 0 Å². The maximum Gasteiger partial charge on any atom is 0.270 e. The van der Waals surface area contributed by atoms with Gasteiger partial charge in [0.15, 0.2) is 12.9 Å². The Morgan fingerprint density at radius 3 is 2.75 bits per heavy atom. The summed E-state index contributed by atoms with van der Waals surface area (Å²) in [5, 5.41) is 13.4. The van der Waals surface area contributed by atoms with Crippen molar-refractivity contribution in [1.82, 2.24) is 0 Å². The Labute approximate surface area is 138 Å². The Morgan fingerprint density at radius 2 is 2.08 bits per heavy atom. The predicted octanol–water partition coefficient (Wildman–Crippen LogP) is 2.99. The number of aldehydes is 1. The highest BCUT2D eigenvalue weighted by atomic mass is 16.6. The highest BCUT2D eigenvalue weighted by Crippen LogP contribution is 2.22. The molecule has 0 saturated carbocycles. The maximum absolute atomic E-state index is 11.9. The monoisotopic (exact) mass is 328 g/mol. The van der Waals surface area contributed by atoms with Gasteiger partial charge in [-0.15, -0.1) is 0 Å². The second-order valence-electron chi connectivity index (χ2n) is 4.99. The van der Waals surface area contributed by atoms with E-state index in [1.165, 1.54) is 12.1 Å². The molecular weight excluding hydrogens is 312 g/mol. The normalized spacial score (nSPS) is 10.0. The number of anilines is 1. The van der Waals surface area contributed by atoms with Crippen molar-refractivity contribution in [3.8, 4) is 5.75 Å². The fourth-order valence-corrected chi connectivity index (χ4v) is 2.08. The van der Waals surface area contributed by atoms with Crippen LogP contribution in [0, 0.1) is 10.1 Å². The second-order valence-corrected chi connectivity index (χ2v) is 4.99. The number of nitrogens with one attached hydrogen (secondary N) is 1. The molecule has 0 atom stereocenters. The summed E-state index contributed by atoms with van der Waals surface area (Å²) in [7, 11) is 0. The van der Waals surface area contributed by atoms with Gasteiger partial charge in [-0.2, -0.15) is 0 Å². The summed E-state index contributed by atoms with van der Waals surface area (Å²) >= 11 is 0. The standard InChI is InChI=1S/C17H16N2O5/c1-2-12-4-3-5-14(8-12)18-17(21)11-24-16-7-6-15(19(22)23)9-13(16)10-20/h3-10H,2,11H2,1H3,(H,18,21). The Bertz CT molecular complexity index is 773.